The van der Waals surface area contributed by atoms with Crippen molar-refractivity contribution in [1.29, 1.82) is 0 Å². The van der Waals surface area contributed by atoms with Gasteiger partial charge in [0.05, 0.1) is 0 Å². The molecule has 0 saturated carbocycles. The summed E-state index contributed by atoms with van der Waals surface area (Å²) in [4.78, 5) is 0. The zero-order valence-electron chi connectivity index (χ0n) is 30.8. The molecular weight excluding hydrogens is 707 g/mol. The first-order valence-corrected chi connectivity index (χ1v) is 18.2. The molecule has 1 aliphatic carbocycles. The standard InChI is InChI=1S/C31H29.C13H10.C5H5.2ClH.Ti/c1-18-11-20(3)30(21(4)12-18)26-9-7-24-15-25-8-10-27(17-29(25)28(24)16-26)31-22(5)13-19(2)14-23(31)6;1-3-7-12(8-4-1)11-13-9-5-2-6-10-13;1-2-4-5-3-1;;;/h7-17H,1-6H3;1-10H;1-3H,4H2;2*1H;/q-1;;-1;;;+2/p-2. The fraction of sp³-hybridized carbons (Fsp3) is 0.143. The number of aryl methyl sites for hydroxylation is 6. The molecule has 0 aromatic heterocycles. The first-order valence-electron chi connectivity index (χ1n) is 17.4. The van der Waals surface area contributed by atoms with Crippen LogP contribution in [-0.4, -0.2) is 3.81 Å². The Morgan fingerprint density at radius 2 is 0.942 bits per heavy atom. The number of allylic oxidation sites excluding steroid dienone is 4. The molecule has 1 aliphatic rings. The number of rotatable bonds is 4. The molecule has 7 aromatic carbocycles. The Labute approximate surface area is 334 Å². The fourth-order valence-electron chi connectivity index (χ4n) is 7.30. The van der Waals surface area contributed by atoms with Gasteiger partial charge in [0.15, 0.2) is 0 Å². The third-order valence-corrected chi connectivity index (χ3v) is 10.3. The van der Waals surface area contributed by atoms with E-state index in [1.165, 1.54) is 92.1 Å². The van der Waals surface area contributed by atoms with Gasteiger partial charge in [0.2, 0.25) is 0 Å². The van der Waals surface area contributed by atoms with Gasteiger partial charge in [-0.25, -0.2) is 12.2 Å². The summed E-state index contributed by atoms with van der Waals surface area (Å²) in [5, 5.41) is 5.32. The molecular formula is C49H44Cl2Ti-2. The minimum absolute atomic E-state index is 0. The van der Waals surface area contributed by atoms with Gasteiger partial charge in [-0.05, 0) is 86.1 Å². The summed E-state index contributed by atoms with van der Waals surface area (Å²) in [7, 11) is 0. The number of benzene rings is 6. The molecule has 0 unspecified atom stereocenters. The molecule has 0 amide bonds. The molecule has 52 heavy (non-hydrogen) atoms. The first kappa shape index (κ1) is 40.6. The Kier molecular flexibility index (Phi) is 14.5. The first-order chi connectivity index (χ1) is 24.2. The van der Waals surface area contributed by atoms with Crippen molar-refractivity contribution in [1.82, 2.24) is 0 Å². The molecule has 260 valence electrons. The van der Waals surface area contributed by atoms with Crippen LogP contribution in [0.4, 0.5) is 0 Å². The Balaban J connectivity index is 0.000000238. The maximum absolute atomic E-state index is 2.99. The zero-order valence-corrected chi connectivity index (χ0v) is 33.9. The Morgan fingerprint density at radius 1 is 0.538 bits per heavy atom. The number of hydrogen-bond acceptors (Lipinski definition) is 0. The van der Waals surface area contributed by atoms with Gasteiger partial charge in [-0.15, -0.1) is 46.2 Å². The Morgan fingerprint density at radius 3 is 1.27 bits per heavy atom. The van der Waals surface area contributed by atoms with Crippen molar-refractivity contribution in [3.63, 3.8) is 0 Å². The van der Waals surface area contributed by atoms with Gasteiger partial charge in [-0.1, -0.05) is 59.7 Å². The quantitative estimate of drug-likeness (QED) is 0.134. The van der Waals surface area contributed by atoms with Crippen LogP contribution in [0.25, 0.3) is 43.8 Å². The summed E-state index contributed by atoms with van der Waals surface area (Å²) in [5.41, 5.74) is 16.0. The summed E-state index contributed by atoms with van der Waals surface area (Å²) in [6.07, 6.45) is 10.0. The summed E-state index contributed by atoms with van der Waals surface area (Å²) < 4.78 is 1.33. The predicted octanol–water partition coefficient (Wildman–Crippen LogP) is 7.01. The number of fused-ring (bicyclic) bond motifs is 3. The average Bonchev–Trinajstić information content (AvgIpc) is 3.81. The maximum atomic E-state index is 2.99. The summed E-state index contributed by atoms with van der Waals surface area (Å²) in [6.45, 7) is 13.3. The molecule has 0 bridgehead atoms. The van der Waals surface area contributed by atoms with E-state index in [2.05, 4.69) is 189 Å². The van der Waals surface area contributed by atoms with E-state index in [4.69, 9.17) is 0 Å². The predicted molar refractivity (Wildman–Crippen MR) is 214 cm³/mol. The summed E-state index contributed by atoms with van der Waals surface area (Å²) in [6, 6.07) is 46.3. The fourth-order valence-corrected chi connectivity index (χ4v) is 7.82. The van der Waals surface area contributed by atoms with Crippen LogP contribution >= 0.6 is 0 Å². The van der Waals surface area contributed by atoms with E-state index >= 15 is 0 Å². The molecule has 0 aliphatic heterocycles. The van der Waals surface area contributed by atoms with Crippen LogP contribution in [0, 0.1) is 47.6 Å². The number of halogens is 2. The van der Waals surface area contributed by atoms with E-state index in [1.54, 1.807) is 0 Å². The summed E-state index contributed by atoms with van der Waals surface area (Å²) >= 11 is 2.16. The molecule has 0 saturated heterocycles. The van der Waals surface area contributed by atoms with Gasteiger partial charge >= 0.3 is 95.6 Å². The van der Waals surface area contributed by atoms with E-state index in [-0.39, 0.29) is 24.8 Å². The van der Waals surface area contributed by atoms with Gasteiger partial charge in [0, 0.05) is 0 Å². The van der Waals surface area contributed by atoms with Crippen LogP contribution < -0.4 is 24.8 Å². The van der Waals surface area contributed by atoms with Gasteiger partial charge in [0.1, 0.15) is 0 Å². The van der Waals surface area contributed by atoms with Crippen LogP contribution in [0.5, 0.6) is 0 Å². The molecule has 0 radical (unpaired) electrons. The molecule has 0 atom stereocenters. The van der Waals surface area contributed by atoms with Crippen molar-refractivity contribution in [3.05, 3.63) is 196 Å². The second-order valence-electron chi connectivity index (χ2n) is 13.4. The van der Waals surface area contributed by atoms with Gasteiger partial charge in [-0.2, -0.15) is 6.08 Å². The molecule has 8 rings (SSSR count). The Hall–Kier alpha value is -4.17. The third kappa shape index (κ3) is 9.43. The SMILES string of the molecule is Cc1cc(C)c(-c2ccc3[cH-]c4ccc(-c5c(C)cc(C)cc5C)cc4c3c2)c(C)c1.[C-]1=CC=CC1.[Cl-].[Cl-].[Ti+2]=[C](c1ccccc1)c1ccccc1. The molecule has 0 N–H and O–H groups in total. The second-order valence-corrected chi connectivity index (χ2v) is 14.2. The number of hydrogen-bond donors (Lipinski definition) is 0. The van der Waals surface area contributed by atoms with Crippen molar-refractivity contribution in [2.75, 3.05) is 0 Å². The van der Waals surface area contributed by atoms with Crippen LogP contribution in [0.15, 0.2) is 146 Å². The molecule has 3 heteroatoms. The van der Waals surface area contributed by atoms with Crippen molar-refractivity contribution < 1.29 is 44.8 Å². The minimum atomic E-state index is 0. The van der Waals surface area contributed by atoms with Crippen molar-refractivity contribution >= 4 is 25.4 Å². The van der Waals surface area contributed by atoms with Crippen LogP contribution in [0.2, 0.25) is 0 Å². The topological polar surface area (TPSA) is 0 Å². The average molecular weight is 752 g/mol. The molecule has 0 heterocycles. The van der Waals surface area contributed by atoms with Gasteiger partial charge in [-0.3, -0.25) is 6.08 Å². The van der Waals surface area contributed by atoms with E-state index in [1.807, 2.05) is 24.3 Å². The van der Waals surface area contributed by atoms with E-state index in [0.29, 0.717) is 0 Å². The molecule has 7 aromatic rings. The van der Waals surface area contributed by atoms with Crippen LogP contribution in [0.3, 0.4) is 0 Å². The van der Waals surface area contributed by atoms with Crippen molar-refractivity contribution in [2.24, 2.45) is 0 Å². The van der Waals surface area contributed by atoms with Crippen LogP contribution in [-0.2, 0) is 20.0 Å². The van der Waals surface area contributed by atoms with Gasteiger partial charge < -0.3 is 24.8 Å². The Bertz CT molecular complexity index is 2150. The van der Waals surface area contributed by atoms with Crippen molar-refractivity contribution in [3.8, 4) is 22.3 Å². The van der Waals surface area contributed by atoms with E-state index in [9.17, 15) is 0 Å². The molecule has 0 nitrogen and oxygen atoms in total. The van der Waals surface area contributed by atoms with Crippen LogP contribution in [0.1, 0.15) is 50.9 Å². The normalized spacial score (nSPS) is 11.2. The zero-order chi connectivity index (χ0) is 35.2. The second kappa shape index (κ2) is 18.5. The summed E-state index contributed by atoms with van der Waals surface area (Å²) in [5.74, 6) is 0. The molecule has 0 fully saturated rings. The third-order valence-electron chi connectivity index (χ3n) is 9.35. The molecule has 0 spiro atoms. The van der Waals surface area contributed by atoms with Crippen molar-refractivity contribution in [2.45, 2.75) is 48.0 Å². The monoisotopic (exact) mass is 750 g/mol. The van der Waals surface area contributed by atoms with E-state index < -0.39 is 0 Å². The van der Waals surface area contributed by atoms with Gasteiger partial charge in [0.25, 0.3) is 0 Å². The van der Waals surface area contributed by atoms with E-state index in [0.717, 1.165) is 6.42 Å².